The molecule has 5 N–H and O–H groups in total. The molecule has 0 fully saturated rings. The second-order valence-corrected chi connectivity index (χ2v) is 16.3. The van der Waals surface area contributed by atoms with Gasteiger partial charge >= 0.3 is 7.82 Å². The van der Waals surface area contributed by atoms with Crippen LogP contribution in [0.4, 0.5) is 0 Å². The molecule has 54 heavy (non-hydrogen) atoms. The first-order valence-corrected chi connectivity index (χ1v) is 23.8. The highest BCUT2D eigenvalue weighted by atomic mass is 31.2. The van der Waals surface area contributed by atoms with Gasteiger partial charge in [0.15, 0.2) is 0 Å². The van der Waals surface area contributed by atoms with Crippen LogP contribution in [0.1, 0.15) is 200 Å². The number of allylic oxidation sites excluding steroid dienone is 7. The van der Waals surface area contributed by atoms with Crippen molar-refractivity contribution >= 4 is 13.7 Å². The highest BCUT2D eigenvalue weighted by Crippen LogP contribution is 2.43. The molecule has 0 aromatic rings. The van der Waals surface area contributed by atoms with Gasteiger partial charge in [-0.2, -0.15) is 0 Å². The average Bonchev–Trinajstić information content (AvgIpc) is 3.16. The number of aliphatic hydroxyl groups excluding tert-OH is 1. The fourth-order valence-electron chi connectivity index (χ4n) is 6.22. The molecule has 0 saturated heterocycles. The molecule has 3 unspecified atom stereocenters. The third kappa shape index (κ3) is 38.7. The summed E-state index contributed by atoms with van der Waals surface area (Å²) in [5.41, 5.74) is 5.37. The standard InChI is InChI=1S/C45H85N2O6P/c1-3-5-7-9-11-13-15-17-19-21-22-23-24-26-28-30-32-34-36-38-44(48)43(42-53-54(50,51)52-41-40-46)47-45(49)39-37-35-33-31-29-27-25-20-18-16-14-12-10-8-6-4-2/h20,22-23,25,28,30,36,38,43-44,48H,3-19,21,24,26-27,29,31-35,37,39-42,46H2,1-2H3,(H,47,49)(H,50,51)/b23-22+,25-20-,30-28+,38-36+. The maximum atomic E-state index is 12.7. The number of phosphoric acid groups is 1. The lowest BCUT2D eigenvalue weighted by molar-refractivity contribution is -0.123. The maximum absolute atomic E-state index is 12.7. The Kier molecular flexibility index (Phi) is 39.9. The molecule has 0 bridgehead atoms. The van der Waals surface area contributed by atoms with E-state index in [0.717, 1.165) is 64.2 Å². The van der Waals surface area contributed by atoms with Gasteiger partial charge in [0.25, 0.3) is 0 Å². The number of nitrogens with two attached hydrogens (primary N) is 1. The number of amides is 1. The minimum Gasteiger partial charge on any atom is -0.387 e. The number of hydrogen-bond donors (Lipinski definition) is 4. The van der Waals surface area contributed by atoms with Crippen molar-refractivity contribution in [3.8, 4) is 0 Å². The van der Waals surface area contributed by atoms with Crippen LogP contribution in [0.3, 0.4) is 0 Å². The number of nitrogens with one attached hydrogen (secondary N) is 1. The first-order valence-electron chi connectivity index (χ1n) is 22.3. The largest absolute Gasteiger partial charge is 0.472 e. The summed E-state index contributed by atoms with van der Waals surface area (Å²) in [5, 5.41) is 13.6. The van der Waals surface area contributed by atoms with Gasteiger partial charge in [0.2, 0.25) is 5.91 Å². The van der Waals surface area contributed by atoms with Crippen molar-refractivity contribution in [1.82, 2.24) is 5.32 Å². The van der Waals surface area contributed by atoms with Crippen molar-refractivity contribution in [1.29, 1.82) is 0 Å². The fraction of sp³-hybridized carbons (Fsp3) is 0.800. The summed E-state index contributed by atoms with van der Waals surface area (Å²) < 4.78 is 22.1. The lowest BCUT2D eigenvalue weighted by atomic mass is 10.1. The number of aliphatic hydroxyl groups is 1. The monoisotopic (exact) mass is 781 g/mol. The van der Waals surface area contributed by atoms with Crippen LogP contribution in [0.5, 0.6) is 0 Å². The smallest absolute Gasteiger partial charge is 0.387 e. The lowest BCUT2D eigenvalue weighted by Gasteiger charge is -2.23. The molecule has 0 aliphatic heterocycles. The van der Waals surface area contributed by atoms with Gasteiger partial charge in [0.05, 0.1) is 25.4 Å². The van der Waals surface area contributed by atoms with E-state index >= 15 is 0 Å². The minimum atomic E-state index is -4.35. The number of hydrogen-bond acceptors (Lipinski definition) is 6. The predicted molar refractivity (Wildman–Crippen MR) is 231 cm³/mol. The summed E-state index contributed by atoms with van der Waals surface area (Å²) >= 11 is 0. The molecule has 0 aromatic heterocycles. The normalized spacial score (nSPS) is 14.5. The van der Waals surface area contributed by atoms with Crippen molar-refractivity contribution in [3.63, 3.8) is 0 Å². The number of phosphoric ester groups is 1. The van der Waals surface area contributed by atoms with Crippen molar-refractivity contribution in [2.45, 2.75) is 212 Å². The second kappa shape index (κ2) is 41.1. The Labute approximate surface area is 332 Å². The van der Waals surface area contributed by atoms with Gasteiger partial charge in [0.1, 0.15) is 0 Å². The van der Waals surface area contributed by atoms with Crippen molar-refractivity contribution in [3.05, 3.63) is 48.6 Å². The maximum Gasteiger partial charge on any atom is 0.472 e. The third-order valence-electron chi connectivity index (χ3n) is 9.60. The molecule has 316 valence electrons. The highest BCUT2D eigenvalue weighted by Gasteiger charge is 2.26. The summed E-state index contributed by atoms with van der Waals surface area (Å²) in [6.07, 6.45) is 50.2. The van der Waals surface area contributed by atoms with E-state index in [1.54, 1.807) is 6.08 Å². The first-order chi connectivity index (χ1) is 26.4. The van der Waals surface area contributed by atoms with Crippen molar-refractivity contribution in [2.24, 2.45) is 5.73 Å². The van der Waals surface area contributed by atoms with Gasteiger partial charge in [-0.15, -0.1) is 0 Å². The van der Waals surface area contributed by atoms with Gasteiger partial charge in [-0.25, -0.2) is 4.57 Å². The molecule has 0 aliphatic carbocycles. The predicted octanol–water partition coefficient (Wildman–Crippen LogP) is 12.5. The van der Waals surface area contributed by atoms with E-state index < -0.39 is 20.0 Å². The van der Waals surface area contributed by atoms with E-state index in [4.69, 9.17) is 14.8 Å². The second-order valence-electron chi connectivity index (χ2n) is 14.9. The van der Waals surface area contributed by atoms with Crippen LogP contribution in [0.15, 0.2) is 48.6 Å². The van der Waals surface area contributed by atoms with Crippen molar-refractivity contribution < 1.29 is 28.4 Å². The van der Waals surface area contributed by atoms with E-state index in [9.17, 15) is 19.4 Å². The van der Waals surface area contributed by atoms with E-state index in [1.807, 2.05) is 6.08 Å². The number of rotatable bonds is 41. The Morgan fingerprint density at radius 1 is 0.593 bits per heavy atom. The number of carbonyl (C=O) groups excluding carboxylic acids is 1. The molecule has 0 rings (SSSR count). The van der Waals surface area contributed by atoms with Gasteiger partial charge < -0.3 is 21.1 Å². The Balaban J connectivity index is 4.31. The Hall–Kier alpha value is -1.54. The Bertz CT molecular complexity index is 985. The molecule has 0 spiro atoms. The minimum absolute atomic E-state index is 0.0694. The topological polar surface area (TPSA) is 131 Å². The van der Waals surface area contributed by atoms with Crippen LogP contribution < -0.4 is 11.1 Å². The van der Waals surface area contributed by atoms with E-state index in [2.05, 4.69) is 55.6 Å². The van der Waals surface area contributed by atoms with Crippen LogP contribution in [-0.2, 0) is 18.4 Å². The molecule has 0 saturated carbocycles. The average molecular weight is 781 g/mol. The molecule has 0 aliphatic rings. The van der Waals surface area contributed by atoms with Gasteiger partial charge in [0, 0.05) is 13.0 Å². The third-order valence-corrected chi connectivity index (χ3v) is 10.6. The highest BCUT2D eigenvalue weighted by molar-refractivity contribution is 7.47. The molecule has 8 nitrogen and oxygen atoms in total. The lowest BCUT2D eigenvalue weighted by Crippen LogP contribution is -2.45. The molecule has 0 radical (unpaired) electrons. The zero-order chi connectivity index (χ0) is 39.6. The quantitative estimate of drug-likeness (QED) is 0.0276. The van der Waals surface area contributed by atoms with E-state index in [-0.39, 0.29) is 25.7 Å². The number of carbonyl (C=O) groups is 1. The zero-order valence-corrected chi connectivity index (χ0v) is 35.8. The molecule has 0 heterocycles. The molecule has 9 heteroatoms. The number of unbranched alkanes of at least 4 members (excludes halogenated alkanes) is 23. The van der Waals surface area contributed by atoms with E-state index in [0.29, 0.717) is 6.42 Å². The van der Waals surface area contributed by atoms with Crippen LogP contribution in [0.25, 0.3) is 0 Å². The Morgan fingerprint density at radius 2 is 0.981 bits per heavy atom. The van der Waals surface area contributed by atoms with Gasteiger partial charge in [-0.3, -0.25) is 13.8 Å². The van der Waals surface area contributed by atoms with Gasteiger partial charge in [-0.05, 0) is 70.6 Å². The summed E-state index contributed by atoms with van der Waals surface area (Å²) in [7, 11) is -4.35. The molecule has 3 atom stereocenters. The summed E-state index contributed by atoms with van der Waals surface area (Å²) in [6, 6.07) is -0.888. The van der Waals surface area contributed by atoms with Crippen LogP contribution in [-0.4, -0.2) is 47.8 Å². The van der Waals surface area contributed by atoms with Crippen LogP contribution in [0, 0.1) is 0 Å². The van der Waals surface area contributed by atoms with Crippen LogP contribution in [0.2, 0.25) is 0 Å². The molecule has 1 amide bonds. The first kappa shape index (κ1) is 52.5. The Morgan fingerprint density at radius 3 is 1.43 bits per heavy atom. The molecule has 0 aromatic carbocycles. The van der Waals surface area contributed by atoms with Crippen molar-refractivity contribution in [2.75, 3.05) is 19.8 Å². The zero-order valence-electron chi connectivity index (χ0n) is 35.0. The summed E-state index contributed by atoms with van der Waals surface area (Å²) in [4.78, 5) is 22.7. The fourth-order valence-corrected chi connectivity index (χ4v) is 6.98. The van der Waals surface area contributed by atoms with E-state index in [1.165, 1.54) is 116 Å². The van der Waals surface area contributed by atoms with Crippen LogP contribution >= 0.6 is 7.82 Å². The molecular weight excluding hydrogens is 695 g/mol. The molecular formula is C45H85N2O6P. The summed E-state index contributed by atoms with van der Waals surface area (Å²) in [6.45, 7) is 4.09. The van der Waals surface area contributed by atoms with Gasteiger partial charge in [-0.1, -0.05) is 172 Å². The summed E-state index contributed by atoms with van der Waals surface area (Å²) in [5.74, 6) is -0.217. The SMILES string of the molecule is CCCCCCCCC/C=C\CCCCCCCC(=O)NC(COP(=O)(O)OCCN)C(O)/C=C/CC/C=C/CC/C=C/CCCCCCCCCCC.